The molecule has 0 aromatic heterocycles. The van der Waals surface area contributed by atoms with Gasteiger partial charge in [-0.3, -0.25) is 0 Å². The van der Waals surface area contributed by atoms with E-state index in [2.05, 4.69) is 0 Å². The standard InChI is InChI=1S/C12H10F4O4/c13-6-3-7(14)10(16)11(9(6)15)19-4-5-1-2-8(20-5)12(17)18/h3,5,8H,1-2,4H2,(H,17,18). The highest BCUT2D eigenvalue weighted by Crippen LogP contribution is 2.28. The van der Waals surface area contributed by atoms with Gasteiger partial charge in [0.2, 0.25) is 11.6 Å². The van der Waals surface area contributed by atoms with E-state index in [0.29, 0.717) is 6.42 Å². The van der Waals surface area contributed by atoms with Crippen molar-refractivity contribution >= 4 is 5.97 Å². The number of carbonyl (C=O) groups is 1. The minimum Gasteiger partial charge on any atom is -0.485 e. The summed E-state index contributed by atoms with van der Waals surface area (Å²) in [5.41, 5.74) is 0. The lowest BCUT2D eigenvalue weighted by atomic mass is 10.2. The van der Waals surface area contributed by atoms with Crippen LogP contribution in [0.3, 0.4) is 0 Å². The average Bonchev–Trinajstić information content (AvgIpc) is 2.85. The number of rotatable bonds is 4. The Kier molecular flexibility index (Phi) is 4.12. The molecular weight excluding hydrogens is 284 g/mol. The first kappa shape index (κ1) is 14.6. The fourth-order valence-corrected chi connectivity index (χ4v) is 1.86. The average molecular weight is 294 g/mol. The molecule has 110 valence electrons. The maximum absolute atomic E-state index is 13.3. The molecule has 2 unspecified atom stereocenters. The van der Waals surface area contributed by atoms with Crippen LogP contribution in [-0.4, -0.2) is 29.9 Å². The Labute approximate surface area is 110 Å². The van der Waals surface area contributed by atoms with Crippen LogP contribution in [0.1, 0.15) is 12.8 Å². The summed E-state index contributed by atoms with van der Waals surface area (Å²) in [6.07, 6.45) is -1.19. The fraction of sp³-hybridized carbons (Fsp3) is 0.417. The third-order valence-electron chi connectivity index (χ3n) is 2.87. The molecule has 1 fully saturated rings. The first-order valence-corrected chi connectivity index (χ1v) is 5.74. The fourth-order valence-electron chi connectivity index (χ4n) is 1.86. The molecule has 1 aliphatic heterocycles. The van der Waals surface area contributed by atoms with E-state index in [1.54, 1.807) is 0 Å². The summed E-state index contributed by atoms with van der Waals surface area (Å²) in [6.45, 7) is -0.402. The molecule has 2 atom stereocenters. The van der Waals surface area contributed by atoms with Gasteiger partial charge < -0.3 is 14.6 Å². The van der Waals surface area contributed by atoms with E-state index in [1.165, 1.54) is 0 Å². The van der Waals surface area contributed by atoms with Gasteiger partial charge in [-0.2, -0.15) is 8.78 Å². The summed E-state index contributed by atoms with van der Waals surface area (Å²) >= 11 is 0. The Hall–Kier alpha value is -1.83. The van der Waals surface area contributed by atoms with Crippen LogP contribution in [0.5, 0.6) is 5.75 Å². The van der Waals surface area contributed by atoms with Crippen LogP contribution >= 0.6 is 0 Å². The molecule has 1 saturated heterocycles. The van der Waals surface area contributed by atoms with Crippen LogP contribution in [0.25, 0.3) is 0 Å². The molecule has 1 N–H and O–H groups in total. The van der Waals surface area contributed by atoms with Crippen LogP contribution in [0.15, 0.2) is 6.07 Å². The van der Waals surface area contributed by atoms with Crippen molar-refractivity contribution < 1.29 is 36.9 Å². The molecule has 1 heterocycles. The van der Waals surface area contributed by atoms with Crippen molar-refractivity contribution in [3.05, 3.63) is 29.3 Å². The first-order chi connectivity index (χ1) is 9.40. The molecular formula is C12H10F4O4. The molecule has 0 radical (unpaired) electrons. The third kappa shape index (κ3) is 2.84. The second-order valence-electron chi connectivity index (χ2n) is 4.27. The monoisotopic (exact) mass is 294 g/mol. The van der Waals surface area contributed by atoms with Gasteiger partial charge in [-0.15, -0.1) is 0 Å². The third-order valence-corrected chi connectivity index (χ3v) is 2.87. The van der Waals surface area contributed by atoms with Crippen molar-refractivity contribution in [1.82, 2.24) is 0 Å². The predicted molar refractivity (Wildman–Crippen MR) is 57.3 cm³/mol. The van der Waals surface area contributed by atoms with Crippen LogP contribution in [0.2, 0.25) is 0 Å². The zero-order valence-electron chi connectivity index (χ0n) is 10.0. The van der Waals surface area contributed by atoms with Gasteiger partial charge in [0.1, 0.15) is 6.61 Å². The number of hydrogen-bond donors (Lipinski definition) is 1. The van der Waals surface area contributed by atoms with Gasteiger partial charge >= 0.3 is 5.97 Å². The maximum atomic E-state index is 13.3. The van der Waals surface area contributed by atoms with E-state index in [-0.39, 0.29) is 12.5 Å². The SMILES string of the molecule is O=C(O)C1CCC(COc2c(F)c(F)cc(F)c2F)O1. The van der Waals surface area contributed by atoms with Gasteiger partial charge in [-0.25, -0.2) is 13.6 Å². The number of ether oxygens (including phenoxy) is 2. The van der Waals surface area contributed by atoms with Crippen LogP contribution in [-0.2, 0) is 9.53 Å². The molecule has 20 heavy (non-hydrogen) atoms. The Morgan fingerprint density at radius 2 is 1.85 bits per heavy atom. The Balaban J connectivity index is 2.04. The number of carboxylic acid groups (broad SMARTS) is 1. The van der Waals surface area contributed by atoms with Gasteiger partial charge in [0, 0.05) is 6.07 Å². The largest absolute Gasteiger partial charge is 0.485 e. The van der Waals surface area contributed by atoms with Crippen molar-refractivity contribution in [2.75, 3.05) is 6.61 Å². The molecule has 8 heteroatoms. The molecule has 0 bridgehead atoms. The lowest BCUT2D eigenvalue weighted by Crippen LogP contribution is -2.24. The summed E-state index contributed by atoms with van der Waals surface area (Å²) < 4.78 is 62.1. The van der Waals surface area contributed by atoms with Crippen molar-refractivity contribution in [3.8, 4) is 5.75 Å². The summed E-state index contributed by atoms with van der Waals surface area (Å²) in [5, 5.41) is 8.69. The number of carboxylic acids is 1. The Bertz CT molecular complexity index is 508. The topological polar surface area (TPSA) is 55.8 Å². The second-order valence-corrected chi connectivity index (χ2v) is 4.27. The van der Waals surface area contributed by atoms with Crippen molar-refractivity contribution in [1.29, 1.82) is 0 Å². The van der Waals surface area contributed by atoms with Gasteiger partial charge in [-0.05, 0) is 12.8 Å². The molecule has 2 rings (SSSR count). The lowest BCUT2D eigenvalue weighted by Gasteiger charge is -2.14. The smallest absolute Gasteiger partial charge is 0.332 e. The van der Waals surface area contributed by atoms with Crippen LogP contribution in [0, 0.1) is 23.3 Å². The molecule has 1 aliphatic rings. The van der Waals surface area contributed by atoms with E-state index in [1.807, 2.05) is 0 Å². The van der Waals surface area contributed by atoms with Crippen molar-refractivity contribution in [2.45, 2.75) is 25.0 Å². The number of hydrogen-bond acceptors (Lipinski definition) is 3. The summed E-state index contributed by atoms with van der Waals surface area (Å²) in [7, 11) is 0. The minimum atomic E-state index is -1.64. The normalized spacial score (nSPS) is 22.0. The highest BCUT2D eigenvalue weighted by Gasteiger charge is 2.31. The van der Waals surface area contributed by atoms with E-state index in [9.17, 15) is 22.4 Å². The molecule has 0 amide bonds. The number of aliphatic carboxylic acids is 1. The summed E-state index contributed by atoms with van der Waals surface area (Å²) in [6, 6.07) is 0.0735. The zero-order valence-corrected chi connectivity index (χ0v) is 10.0. The predicted octanol–water partition coefficient (Wildman–Crippen LogP) is 2.25. The zero-order chi connectivity index (χ0) is 14.9. The minimum absolute atomic E-state index is 0.0735. The van der Waals surface area contributed by atoms with Crippen molar-refractivity contribution in [3.63, 3.8) is 0 Å². The molecule has 1 aromatic rings. The highest BCUT2D eigenvalue weighted by atomic mass is 19.2. The quantitative estimate of drug-likeness (QED) is 0.683. The first-order valence-electron chi connectivity index (χ1n) is 5.74. The molecule has 0 saturated carbocycles. The molecule has 0 aliphatic carbocycles. The lowest BCUT2D eigenvalue weighted by molar-refractivity contribution is -0.149. The van der Waals surface area contributed by atoms with E-state index in [4.69, 9.17) is 14.6 Å². The van der Waals surface area contributed by atoms with E-state index < -0.39 is 53.8 Å². The molecule has 1 aromatic carbocycles. The molecule has 0 spiro atoms. The van der Waals surface area contributed by atoms with Gasteiger partial charge in [0.15, 0.2) is 23.5 Å². The van der Waals surface area contributed by atoms with E-state index in [0.717, 1.165) is 0 Å². The number of benzene rings is 1. The highest BCUT2D eigenvalue weighted by molar-refractivity contribution is 5.72. The maximum Gasteiger partial charge on any atom is 0.332 e. The van der Waals surface area contributed by atoms with Crippen molar-refractivity contribution in [2.24, 2.45) is 0 Å². The van der Waals surface area contributed by atoms with Crippen LogP contribution in [0.4, 0.5) is 17.6 Å². The van der Waals surface area contributed by atoms with E-state index >= 15 is 0 Å². The summed E-state index contributed by atoms with van der Waals surface area (Å²) in [4.78, 5) is 10.6. The molecule has 4 nitrogen and oxygen atoms in total. The Morgan fingerprint density at radius 1 is 1.25 bits per heavy atom. The second kappa shape index (κ2) is 5.66. The number of halogens is 4. The van der Waals surface area contributed by atoms with Crippen LogP contribution < -0.4 is 4.74 Å². The Morgan fingerprint density at radius 3 is 2.35 bits per heavy atom. The van der Waals surface area contributed by atoms with Gasteiger partial charge in [0.05, 0.1) is 6.10 Å². The van der Waals surface area contributed by atoms with Gasteiger partial charge in [-0.1, -0.05) is 0 Å². The summed E-state index contributed by atoms with van der Waals surface area (Å²) in [5.74, 6) is -8.76. The van der Waals surface area contributed by atoms with Gasteiger partial charge in [0.25, 0.3) is 0 Å².